The molecule has 5 atom stereocenters. The smallest absolute Gasteiger partial charge is 0.408 e. The number of alkyl halides is 2. The molecule has 1 aromatic heterocycles. The molecule has 2 aliphatic carbocycles. The number of carbonyl (C=O) groups is 4. The van der Waals surface area contributed by atoms with Gasteiger partial charge in [-0.15, -0.1) is 0 Å². The second kappa shape index (κ2) is 15.3. The van der Waals surface area contributed by atoms with Gasteiger partial charge in [0.25, 0.3) is 5.91 Å². The third kappa shape index (κ3) is 8.46. The summed E-state index contributed by atoms with van der Waals surface area (Å²) < 4.78 is 74.9. The van der Waals surface area contributed by atoms with Crippen LogP contribution >= 0.6 is 0 Å². The van der Waals surface area contributed by atoms with Crippen molar-refractivity contribution in [2.75, 3.05) is 19.8 Å². The van der Waals surface area contributed by atoms with E-state index in [1.807, 2.05) is 0 Å². The van der Waals surface area contributed by atoms with E-state index in [2.05, 4.69) is 15.4 Å². The molecule has 4 amide bonds. The van der Waals surface area contributed by atoms with Crippen LogP contribution in [0, 0.1) is 5.92 Å². The highest BCUT2D eigenvalue weighted by atomic mass is 32.2. The number of rotatable bonds is 3. The van der Waals surface area contributed by atoms with Crippen molar-refractivity contribution >= 4 is 44.9 Å². The average molecular weight is 811 g/mol. The van der Waals surface area contributed by atoms with Gasteiger partial charge in [0.1, 0.15) is 35.2 Å². The van der Waals surface area contributed by atoms with E-state index in [4.69, 9.17) is 24.2 Å². The van der Waals surface area contributed by atoms with E-state index in [-0.39, 0.29) is 49.0 Å². The van der Waals surface area contributed by atoms with Crippen LogP contribution in [0.15, 0.2) is 48.5 Å². The number of benzene rings is 2. The van der Waals surface area contributed by atoms with Gasteiger partial charge in [-0.05, 0) is 62.3 Å². The highest BCUT2D eigenvalue weighted by molar-refractivity contribution is 7.91. The minimum atomic E-state index is -3.93. The van der Waals surface area contributed by atoms with Crippen molar-refractivity contribution in [1.82, 2.24) is 30.2 Å². The molecule has 5 aliphatic rings. The van der Waals surface area contributed by atoms with E-state index in [0.29, 0.717) is 48.7 Å². The Morgan fingerprint density at radius 3 is 2.39 bits per heavy atom. The van der Waals surface area contributed by atoms with E-state index in [9.17, 15) is 27.6 Å². The number of fused-ring (bicyclic) bond motifs is 8. The molecule has 18 heteroatoms. The van der Waals surface area contributed by atoms with Crippen LogP contribution < -0.4 is 24.8 Å². The fourth-order valence-electron chi connectivity index (χ4n) is 7.98. The summed E-state index contributed by atoms with van der Waals surface area (Å²) in [5.41, 5.74) is 0.195. The molecule has 304 valence electrons. The zero-order valence-electron chi connectivity index (χ0n) is 31.1. The third-order valence-corrected chi connectivity index (χ3v) is 13.1. The number of nitrogens with zero attached hydrogens (tertiary/aromatic N) is 3. The molecule has 8 rings (SSSR count). The van der Waals surface area contributed by atoms with Crippen molar-refractivity contribution in [2.24, 2.45) is 5.92 Å². The number of para-hydroxylation sites is 2. The fourth-order valence-corrected chi connectivity index (χ4v) is 9.35. The Morgan fingerprint density at radius 2 is 1.61 bits per heavy atom. The first kappa shape index (κ1) is 38.7. The Bertz CT molecular complexity index is 2190. The summed E-state index contributed by atoms with van der Waals surface area (Å²) in [7, 11) is -3.93. The maximum absolute atomic E-state index is 15.0. The molecular weight excluding hydrogens is 767 g/mol. The van der Waals surface area contributed by atoms with E-state index >= 15 is 8.78 Å². The van der Waals surface area contributed by atoms with Gasteiger partial charge < -0.3 is 29.7 Å². The normalized spacial score (nSPS) is 28.3. The lowest BCUT2D eigenvalue weighted by Gasteiger charge is -2.30. The maximum Gasteiger partial charge on any atom is 0.408 e. The summed E-state index contributed by atoms with van der Waals surface area (Å²) in [5.74, 6) is -5.97. The molecule has 0 spiro atoms. The summed E-state index contributed by atoms with van der Waals surface area (Å²) in [4.78, 5) is 66.6. The van der Waals surface area contributed by atoms with Crippen molar-refractivity contribution in [2.45, 2.75) is 106 Å². The van der Waals surface area contributed by atoms with Crippen molar-refractivity contribution < 1.29 is 50.6 Å². The molecule has 57 heavy (non-hydrogen) atoms. The summed E-state index contributed by atoms with van der Waals surface area (Å²) in [6, 6.07) is 10.8. The zero-order chi connectivity index (χ0) is 40.0. The van der Waals surface area contributed by atoms with Crippen molar-refractivity contribution in [3.8, 4) is 22.9 Å². The summed E-state index contributed by atoms with van der Waals surface area (Å²) in [6.07, 6.45) is 3.11. The second-order valence-corrected chi connectivity index (χ2v) is 17.6. The number of sulfonamides is 1. The number of cyclic esters (lactones) is 1. The Balaban J connectivity index is 1.17. The molecule has 0 unspecified atom stereocenters. The topological polar surface area (TPSA) is 195 Å². The van der Waals surface area contributed by atoms with Gasteiger partial charge >= 0.3 is 12.0 Å². The van der Waals surface area contributed by atoms with Gasteiger partial charge in [0.2, 0.25) is 27.7 Å². The van der Waals surface area contributed by atoms with Crippen LogP contribution in [0.2, 0.25) is 0 Å². The Hall–Kier alpha value is -5.13. The summed E-state index contributed by atoms with van der Waals surface area (Å²) in [6.45, 7) is -2.59. The first-order chi connectivity index (χ1) is 27.3. The van der Waals surface area contributed by atoms with Gasteiger partial charge in [-0.1, -0.05) is 56.4 Å². The van der Waals surface area contributed by atoms with Crippen LogP contribution in [-0.2, 0) is 29.1 Å². The van der Waals surface area contributed by atoms with Crippen molar-refractivity contribution in [3.05, 3.63) is 48.5 Å². The predicted octanol–water partition coefficient (Wildman–Crippen LogP) is 4.00. The number of alkyl carbamates (subject to hydrolysis) is 1. The van der Waals surface area contributed by atoms with E-state index in [1.165, 1.54) is 17.0 Å². The van der Waals surface area contributed by atoms with Crippen LogP contribution in [0.5, 0.6) is 11.6 Å². The Kier molecular flexibility index (Phi) is 10.4. The van der Waals surface area contributed by atoms with Gasteiger partial charge in [0.15, 0.2) is 13.2 Å². The third-order valence-electron chi connectivity index (χ3n) is 11.3. The van der Waals surface area contributed by atoms with Gasteiger partial charge in [-0.2, -0.15) is 8.78 Å². The number of amides is 4. The lowest BCUT2D eigenvalue weighted by atomic mass is 10.0. The molecule has 3 N–H and O–H groups in total. The SMILES string of the molecule is O=C1N[C@H]2CCCCCCC[C@@H]3C[C@@]3(C(=O)NS(=O)(=O)C3CC3)NC(=O)[C@@H]3C[C@H](CN3C2=O)Oc2nc3ccccc3nc2-c2cccc(c2)OCC(F)(F)CO1. The van der Waals surface area contributed by atoms with Crippen LogP contribution in [0.1, 0.15) is 70.6 Å². The van der Waals surface area contributed by atoms with E-state index < -0.39 is 82.0 Å². The number of aromatic nitrogens is 2. The molecule has 4 heterocycles. The molecule has 5 bridgehead atoms. The summed E-state index contributed by atoms with van der Waals surface area (Å²) in [5, 5.41) is 4.66. The first-order valence-electron chi connectivity index (χ1n) is 19.5. The minimum absolute atomic E-state index is 0.0551. The molecule has 15 nitrogen and oxygen atoms in total. The first-order valence-corrected chi connectivity index (χ1v) is 21.0. The number of halogens is 2. The van der Waals surface area contributed by atoms with Gasteiger partial charge in [-0.3, -0.25) is 19.1 Å². The van der Waals surface area contributed by atoms with Gasteiger partial charge in [0.05, 0.1) is 22.8 Å². The molecule has 2 saturated carbocycles. The number of hydrogen-bond donors (Lipinski definition) is 3. The highest BCUT2D eigenvalue weighted by Crippen LogP contribution is 2.48. The minimum Gasteiger partial charge on any atom is -0.487 e. The zero-order valence-corrected chi connectivity index (χ0v) is 31.9. The largest absolute Gasteiger partial charge is 0.487 e. The quantitative estimate of drug-likeness (QED) is 0.346. The Labute approximate surface area is 327 Å². The monoisotopic (exact) mass is 810 g/mol. The molecule has 4 fully saturated rings. The molecule has 3 aliphatic heterocycles. The molecule has 3 aromatic rings. The average Bonchev–Trinajstić information content (AvgIpc) is 4.11. The van der Waals surface area contributed by atoms with Gasteiger partial charge in [-0.25, -0.2) is 23.2 Å². The lowest BCUT2D eigenvalue weighted by molar-refractivity contribution is -0.141. The van der Waals surface area contributed by atoms with E-state index in [1.54, 1.807) is 36.4 Å². The lowest BCUT2D eigenvalue weighted by Crippen LogP contribution is -2.58. The predicted molar refractivity (Wildman–Crippen MR) is 200 cm³/mol. The van der Waals surface area contributed by atoms with Crippen LogP contribution in [0.3, 0.4) is 0 Å². The number of ether oxygens (including phenoxy) is 3. The molecule has 2 saturated heterocycles. The van der Waals surface area contributed by atoms with Crippen LogP contribution in [-0.4, -0.2) is 102 Å². The standard InChI is InChI=1S/C39H44F2N6O9S/c40-38(41)21-54-25-11-8-9-23(17-25)32-34(43-29-13-7-6-12-28(29)42-32)56-26-18-31-33(48)45-39(36(50)46-57(52,53)27-15-16-27)19-24(39)10-4-2-1-3-5-14-30(35(49)47(31)20-26)44-37(51)55-22-38/h6-9,11-13,17,24,26-27,30-31H,1-5,10,14-16,18-22H2,(H,44,51)(H,45,48)(H,46,50)/t24-,26-,30+,31+,39-/m1/s1. The van der Waals surface area contributed by atoms with Crippen molar-refractivity contribution in [1.29, 1.82) is 0 Å². The highest BCUT2D eigenvalue weighted by Gasteiger charge is 2.62. The maximum atomic E-state index is 15.0. The fraction of sp³-hybridized carbons (Fsp3) is 0.538. The Morgan fingerprint density at radius 1 is 0.895 bits per heavy atom. The van der Waals surface area contributed by atoms with Gasteiger partial charge in [0, 0.05) is 12.0 Å². The molecule has 2 aromatic carbocycles. The number of carbonyl (C=O) groups excluding carboxylic acids is 4. The van der Waals surface area contributed by atoms with Crippen LogP contribution in [0.25, 0.3) is 22.3 Å². The number of nitrogens with one attached hydrogen (secondary N) is 3. The molecular formula is C39H44F2N6O9S. The molecule has 0 radical (unpaired) electrons. The van der Waals surface area contributed by atoms with E-state index in [0.717, 1.165) is 19.3 Å². The number of hydrogen-bond acceptors (Lipinski definition) is 11. The van der Waals surface area contributed by atoms with Crippen LogP contribution in [0.4, 0.5) is 13.6 Å². The summed E-state index contributed by atoms with van der Waals surface area (Å²) >= 11 is 0. The van der Waals surface area contributed by atoms with Crippen molar-refractivity contribution in [3.63, 3.8) is 0 Å². The second-order valence-electron chi connectivity index (χ2n) is 15.7.